The van der Waals surface area contributed by atoms with Gasteiger partial charge in [-0.1, -0.05) is 52.0 Å². The molecule has 0 aliphatic rings. The summed E-state index contributed by atoms with van der Waals surface area (Å²) >= 11 is 0. The lowest BCUT2D eigenvalue weighted by molar-refractivity contribution is -0.383. The number of hydrogen-bond donors (Lipinski definition) is 1. The molecule has 0 aliphatic carbocycles. The summed E-state index contributed by atoms with van der Waals surface area (Å²) in [7, 11) is 0. The van der Waals surface area contributed by atoms with Crippen molar-refractivity contribution in [3.63, 3.8) is 0 Å². The lowest BCUT2D eigenvalue weighted by Crippen LogP contribution is -2.08. The van der Waals surface area contributed by atoms with E-state index in [1.807, 2.05) is 36.4 Å². The second kappa shape index (κ2) is 8.96. The minimum Gasteiger partial charge on any atom is -0.349 e. The van der Waals surface area contributed by atoms with Crippen molar-refractivity contribution in [2.24, 2.45) is 11.8 Å². The number of nitro benzene ring substituents is 1. The Balaban J connectivity index is 2.26. The number of hydrogen-bond acceptors (Lipinski definition) is 4. The molecule has 0 unspecified atom stereocenters. The first-order valence-electron chi connectivity index (χ1n) is 10.3. The van der Waals surface area contributed by atoms with E-state index in [2.05, 4.69) is 39.1 Å². The summed E-state index contributed by atoms with van der Waals surface area (Å²) in [5, 5.41) is 26.5. The predicted molar refractivity (Wildman–Crippen MR) is 122 cm³/mol. The third kappa shape index (κ3) is 4.60. The minimum atomic E-state index is -0.345. The standard InChI is InChI=1S/C25H27N3O2/c1-16(2)11-20-13-18(15-26)14-21(12-17(3)4)24(20)27-25-22-8-6-5-7-19(22)9-10-23(25)28(29)30/h5-10,13-14,16-17,27H,11-12H2,1-4H3. The van der Waals surface area contributed by atoms with E-state index in [9.17, 15) is 15.4 Å². The summed E-state index contributed by atoms with van der Waals surface area (Å²) in [6.07, 6.45) is 1.56. The van der Waals surface area contributed by atoms with Gasteiger partial charge in [-0.05, 0) is 59.4 Å². The average molecular weight is 402 g/mol. The van der Waals surface area contributed by atoms with Crippen molar-refractivity contribution < 1.29 is 4.92 Å². The van der Waals surface area contributed by atoms with Gasteiger partial charge in [0.05, 0.1) is 16.6 Å². The molecular weight excluding hydrogens is 374 g/mol. The fourth-order valence-electron chi connectivity index (χ4n) is 3.86. The smallest absolute Gasteiger partial charge is 0.293 e. The number of rotatable bonds is 7. The molecule has 5 heteroatoms. The van der Waals surface area contributed by atoms with Crippen molar-refractivity contribution in [3.8, 4) is 6.07 Å². The lowest BCUT2D eigenvalue weighted by atomic mass is 9.92. The normalized spacial score (nSPS) is 11.1. The minimum absolute atomic E-state index is 0.0454. The zero-order valence-electron chi connectivity index (χ0n) is 17.9. The number of nitrogens with zero attached hydrogens (tertiary/aromatic N) is 2. The van der Waals surface area contributed by atoms with E-state index in [1.54, 1.807) is 12.1 Å². The third-order valence-corrected chi connectivity index (χ3v) is 5.04. The van der Waals surface area contributed by atoms with Crippen LogP contribution >= 0.6 is 0 Å². The molecule has 0 aliphatic heterocycles. The lowest BCUT2D eigenvalue weighted by Gasteiger charge is -2.21. The number of benzene rings is 3. The number of nitrogens with one attached hydrogen (secondary N) is 1. The van der Waals surface area contributed by atoms with Crippen LogP contribution in [0.5, 0.6) is 0 Å². The largest absolute Gasteiger partial charge is 0.349 e. The van der Waals surface area contributed by atoms with Crippen LogP contribution in [-0.2, 0) is 12.8 Å². The summed E-state index contributed by atoms with van der Waals surface area (Å²) in [5.41, 5.74) is 4.08. The van der Waals surface area contributed by atoms with E-state index in [0.29, 0.717) is 23.1 Å². The van der Waals surface area contributed by atoms with Crippen molar-refractivity contribution in [3.05, 3.63) is 75.3 Å². The Bertz CT molecular complexity index is 1100. The summed E-state index contributed by atoms with van der Waals surface area (Å²) in [6, 6.07) is 17.1. The molecule has 3 rings (SSSR count). The molecule has 0 amide bonds. The first-order valence-corrected chi connectivity index (χ1v) is 10.3. The van der Waals surface area contributed by atoms with Crippen LogP contribution < -0.4 is 5.32 Å². The molecule has 0 bridgehead atoms. The van der Waals surface area contributed by atoms with E-state index in [1.165, 1.54) is 0 Å². The van der Waals surface area contributed by atoms with E-state index in [4.69, 9.17) is 0 Å². The highest BCUT2D eigenvalue weighted by Gasteiger charge is 2.21. The third-order valence-electron chi connectivity index (χ3n) is 5.04. The van der Waals surface area contributed by atoms with Gasteiger partial charge in [-0.25, -0.2) is 0 Å². The Kier molecular flexibility index (Phi) is 6.37. The van der Waals surface area contributed by atoms with Gasteiger partial charge in [-0.3, -0.25) is 10.1 Å². The molecule has 30 heavy (non-hydrogen) atoms. The van der Waals surface area contributed by atoms with Crippen LogP contribution in [0, 0.1) is 33.3 Å². The zero-order chi connectivity index (χ0) is 21.8. The van der Waals surface area contributed by atoms with E-state index in [0.717, 1.165) is 40.4 Å². The molecular formula is C25H27N3O2. The van der Waals surface area contributed by atoms with E-state index < -0.39 is 0 Å². The Hall–Kier alpha value is -3.39. The summed E-state index contributed by atoms with van der Waals surface area (Å²) in [6.45, 7) is 8.52. The predicted octanol–water partition coefficient (Wildman–Crippen LogP) is 6.76. The first kappa shape index (κ1) is 21.3. The van der Waals surface area contributed by atoms with Crippen LogP contribution in [0.2, 0.25) is 0 Å². The molecule has 0 radical (unpaired) electrons. The topological polar surface area (TPSA) is 79.0 Å². The van der Waals surface area contributed by atoms with Crippen LogP contribution in [0.4, 0.5) is 17.1 Å². The van der Waals surface area contributed by atoms with Crippen molar-refractivity contribution in [1.82, 2.24) is 0 Å². The van der Waals surface area contributed by atoms with Gasteiger partial charge in [0.2, 0.25) is 0 Å². The second-order valence-electron chi connectivity index (χ2n) is 8.54. The monoisotopic (exact) mass is 401 g/mol. The Morgan fingerprint density at radius 1 is 0.967 bits per heavy atom. The van der Waals surface area contributed by atoms with Gasteiger partial charge in [0.25, 0.3) is 5.69 Å². The van der Waals surface area contributed by atoms with Crippen LogP contribution in [0.15, 0.2) is 48.5 Å². The van der Waals surface area contributed by atoms with Crippen molar-refractivity contribution in [2.75, 3.05) is 5.32 Å². The number of nitro groups is 1. The highest BCUT2D eigenvalue weighted by atomic mass is 16.6. The van der Waals surface area contributed by atoms with Gasteiger partial charge in [0.15, 0.2) is 0 Å². The number of fused-ring (bicyclic) bond motifs is 1. The van der Waals surface area contributed by atoms with Crippen LogP contribution in [0.1, 0.15) is 44.4 Å². The maximum atomic E-state index is 11.8. The fourth-order valence-corrected chi connectivity index (χ4v) is 3.86. The van der Waals surface area contributed by atoms with Crippen molar-refractivity contribution >= 4 is 27.8 Å². The number of anilines is 2. The molecule has 0 aromatic heterocycles. The van der Waals surface area contributed by atoms with Gasteiger partial charge in [-0.15, -0.1) is 0 Å². The van der Waals surface area contributed by atoms with Gasteiger partial charge in [-0.2, -0.15) is 5.26 Å². The van der Waals surface area contributed by atoms with Crippen molar-refractivity contribution in [1.29, 1.82) is 5.26 Å². The molecule has 0 saturated carbocycles. The average Bonchev–Trinajstić information content (AvgIpc) is 2.68. The number of nitriles is 1. The van der Waals surface area contributed by atoms with Crippen LogP contribution in [0.3, 0.4) is 0 Å². The van der Waals surface area contributed by atoms with E-state index in [-0.39, 0.29) is 10.6 Å². The molecule has 5 nitrogen and oxygen atoms in total. The molecule has 0 saturated heterocycles. The quantitative estimate of drug-likeness (QED) is 0.350. The first-order chi connectivity index (χ1) is 14.3. The fraction of sp³-hybridized carbons (Fsp3) is 0.320. The SMILES string of the molecule is CC(C)Cc1cc(C#N)cc(CC(C)C)c1Nc1c([N+](=O)[O-])ccc2ccccc12. The van der Waals surface area contributed by atoms with Gasteiger partial charge < -0.3 is 5.32 Å². The molecule has 0 spiro atoms. The van der Waals surface area contributed by atoms with Gasteiger partial charge in [0, 0.05) is 17.1 Å². The maximum absolute atomic E-state index is 11.8. The highest BCUT2D eigenvalue weighted by molar-refractivity contribution is 6.00. The molecule has 1 N–H and O–H groups in total. The Labute approximate surface area is 177 Å². The van der Waals surface area contributed by atoms with Crippen LogP contribution in [-0.4, -0.2) is 4.92 Å². The van der Waals surface area contributed by atoms with Gasteiger partial charge >= 0.3 is 0 Å². The Morgan fingerprint density at radius 3 is 2.10 bits per heavy atom. The van der Waals surface area contributed by atoms with Crippen LogP contribution in [0.25, 0.3) is 10.8 Å². The molecule has 0 heterocycles. The summed E-state index contributed by atoms with van der Waals surface area (Å²) < 4.78 is 0. The molecule has 3 aromatic rings. The molecule has 0 fully saturated rings. The second-order valence-corrected chi connectivity index (χ2v) is 8.54. The van der Waals surface area contributed by atoms with E-state index >= 15 is 0 Å². The van der Waals surface area contributed by atoms with Crippen molar-refractivity contribution in [2.45, 2.75) is 40.5 Å². The summed E-state index contributed by atoms with van der Waals surface area (Å²) in [5.74, 6) is 0.766. The Morgan fingerprint density at radius 2 is 1.57 bits per heavy atom. The highest BCUT2D eigenvalue weighted by Crippen LogP contribution is 2.38. The van der Waals surface area contributed by atoms with Gasteiger partial charge in [0.1, 0.15) is 5.69 Å². The maximum Gasteiger partial charge on any atom is 0.293 e. The summed E-state index contributed by atoms with van der Waals surface area (Å²) in [4.78, 5) is 11.5. The molecule has 154 valence electrons. The zero-order valence-corrected chi connectivity index (χ0v) is 17.9. The molecule has 3 aromatic carbocycles. The molecule has 0 atom stereocenters.